The maximum atomic E-state index is 14.0. The second kappa shape index (κ2) is 8.62. The number of halogens is 2. The Morgan fingerprint density at radius 2 is 2.10 bits per heavy atom. The zero-order valence-electron chi connectivity index (χ0n) is 15.3. The van der Waals surface area contributed by atoms with Crippen molar-refractivity contribution in [1.82, 2.24) is 15.3 Å². The number of thiazole rings is 1. The minimum Gasteiger partial charge on any atom is -0.487 e. The van der Waals surface area contributed by atoms with Gasteiger partial charge >= 0.3 is 0 Å². The standard InChI is InChI=1S/C20H18F2N4O2S/c21-13-4-1-5-14(22)18(13)20-26-16(11-29-20)19(27)25-15-10-24-8-6-17(15)28-12-3-2-7-23-9-12/h1,4-6,8,10-12,23H,2-3,7,9H2,(H,25,27)/t12-/m1/s1. The number of pyridine rings is 1. The number of carbonyl (C=O) groups excluding carboxylic acids is 1. The normalized spacial score (nSPS) is 16.4. The summed E-state index contributed by atoms with van der Waals surface area (Å²) < 4.78 is 33.9. The van der Waals surface area contributed by atoms with E-state index in [0.717, 1.165) is 49.4 Å². The molecule has 29 heavy (non-hydrogen) atoms. The monoisotopic (exact) mass is 416 g/mol. The van der Waals surface area contributed by atoms with Crippen LogP contribution in [0.4, 0.5) is 14.5 Å². The molecule has 3 heterocycles. The molecule has 1 saturated heterocycles. The Labute approximate surface area is 170 Å². The van der Waals surface area contributed by atoms with Gasteiger partial charge in [0.05, 0.1) is 11.8 Å². The SMILES string of the molecule is O=C(Nc1cnccc1O[C@@H]1CCCNC1)c1csc(-c2c(F)cccc2F)n1. The molecule has 0 radical (unpaired) electrons. The largest absolute Gasteiger partial charge is 0.487 e. The first-order valence-corrected chi connectivity index (χ1v) is 10.0. The molecule has 0 spiro atoms. The molecule has 1 atom stereocenters. The highest BCUT2D eigenvalue weighted by atomic mass is 32.1. The van der Waals surface area contributed by atoms with E-state index in [-0.39, 0.29) is 22.4 Å². The molecule has 1 aliphatic heterocycles. The second-order valence-electron chi connectivity index (χ2n) is 6.55. The Bertz CT molecular complexity index is 1000. The molecule has 1 fully saturated rings. The number of benzene rings is 1. The van der Waals surface area contributed by atoms with Crippen molar-refractivity contribution in [3.63, 3.8) is 0 Å². The fraction of sp³-hybridized carbons (Fsp3) is 0.250. The second-order valence-corrected chi connectivity index (χ2v) is 7.40. The van der Waals surface area contributed by atoms with Crippen molar-refractivity contribution in [3.05, 3.63) is 59.4 Å². The molecule has 1 aromatic carbocycles. The predicted octanol–water partition coefficient (Wildman–Crippen LogP) is 3.87. The van der Waals surface area contributed by atoms with Crippen LogP contribution in [-0.4, -0.2) is 35.1 Å². The van der Waals surface area contributed by atoms with Gasteiger partial charge in [-0.15, -0.1) is 11.3 Å². The number of piperidine rings is 1. The number of rotatable bonds is 5. The summed E-state index contributed by atoms with van der Waals surface area (Å²) in [6.45, 7) is 1.70. The van der Waals surface area contributed by atoms with Crippen molar-refractivity contribution in [1.29, 1.82) is 0 Å². The third-order valence-electron chi connectivity index (χ3n) is 4.49. The van der Waals surface area contributed by atoms with Crippen molar-refractivity contribution < 1.29 is 18.3 Å². The van der Waals surface area contributed by atoms with E-state index in [4.69, 9.17) is 4.74 Å². The van der Waals surface area contributed by atoms with E-state index >= 15 is 0 Å². The van der Waals surface area contributed by atoms with Gasteiger partial charge in [0, 0.05) is 24.2 Å². The summed E-state index contributed by atoms with van der Waals surface area (Å²) in [4.78, 5) is 20.8. The molecule has 3 aromatic rings. The number of aromatic nitrogens is 2. The number of carbonyl (C=O) groups is 1. The molecule has 4 rings (SSSR count). The van der Waals surface area contributed by atoms with E-state index in [1.165, 1.54) is 17.6 Å². The summed E-state index contributed by atoms with van der Waals surface area (Å²) in [6.07, 6.45) is 5.03. The van der Waals surface area contributed by atoms with Crippen molar-refractivity contribution in [3.8, 4) is 16.3 Å². The first-order valence-electron chi connectivity index (χ1n) is 9.14. The third-order valence-corrected chi connectivity index (χ3v) is 5.35. The van der Waals surface area contributed by atoms with Crippen LogP contribution in [0.3, 0.4) is 0 Å². The summed E-state index contributed by atoms with van der Waals surface area (Å²) in [7, 11) is 0. The van der Waals surface area contributed by atoms with Crippen LogP contribution in [0.15, 0.2) is 42.0 Å². The molecule has 150 valence electrons. The fourth-order valence-corrected chi connectivity index (χ4v) is 3.91. The van der Waals surface area contributed by atoms with Gasteiger partial charge in [0.15, 0.2) is 0 Å². The van der Waals surface area contributed by atoms with Gasteiger partial charge < -0.3 is 15.4 Å². The van der Waals surface area contributed by atoms with Gasteiger partial charge in [-0.05, 0) is 31.5 Å². The van der Waals surface area contributed by atoms with E-state index in [9.17, 15) is 13.6 Å². The van der Waals surface area contributed by atoms with Crippen molar-refractivity contribution >= 4 is 22.9 Å². The summed E-state index contributed by atoms with van der Waals surface area (Å²) in [5.41, 5.74) is 0.225. The van der Waals surface area contributed by atoms with Crippen LogP contribution in [0.2, 0.25) is 0 Å². The summed E-state index contributed by atoms with van der Waals surface area (Å²) in [6, 6.07) is 5.27. The van der Waals surface area contributed by atoms with Crippen molar-refractivity contribution in [2.75, 3.05) is 18.4 Å². The Balaban J connectivity index is 1.51. The maximum Gasteiger partial charge on any atom is 0.275 e. The predicted molar refractivity (Wildman–Crippen MR) is 106 cm³/mol. The van der Waals surface area contributed by atoms with E-state index in [2.05, 4.69) is 20.6 Å². The van der Waals surface area contributed by atoms with E-state index in [0.29, 0.717) is 11.4 Å². The zero-order chi connectivity index (χ0) is 20.2. The number of hydrogen-bond acceptors (Lipinski definition) is 6. The van der Waals surface area contributed by atoms with Gasteiger partial charge in [-0.25, -0.2) is 13.8 Å². The van der Waals surface area contributed by atoms with Gasteiger partial charge in [-0.2, -0.15) is 0 Å². The molecule has 1 amide bonds. The average molecular weight is 416 g/mol. The van der Waals surface area contributed by atoms with Crippen molar-refractivity contribution in [2.24, 2.45) is 0 Å². The van der Waals surface area contributed by atoms with E-state index < -0.39 is 17.5 Å². The van der Waals surface area contributed by atoms with Gasteiger partial charge in [-0.1, -0.05) is 6.07 Å². The lowest BCUT2D eigenvalue weighted by atomic mass is 10.1. The summed E-state index contributed by atoms with van der Waals surface area (Å²) in [5, 5.41) is 7.55. The van der Waals surface area contributed by atoms with Gasteiger partial charge in [0.2, 0.25) is 0 Å². The van der Waals surface area contributed by atoms with Crippen LogP contribution < -0.4 is 15.4 Å². The lowest BCUT2D eigenvalue weighted by molar-refractivity contribution is 0.102. The number of nitrogens with one attached hydrogen (secondary N) is 2. The first kappa shape index (κ1) is 19.4. The molecule has 2 N–H and O–H groups in total. The summed E-state index contributed by atoms with van der Waals surface area (Å²) in [5.74, 6) is -1.45. The molecular weight excluding hydrogens is 398 g/mol. The van der Waals surface area contributed by atoms with Crippen LogP contribution in [0.1, 0.15) is 23.3 Å². The Morgan fingerprint density at radius 1 is 1.28 bits per heavy atom. The lowest BCUT2D eigenvalue weighted by Crippen LogP contribution is -2.37. The number of ether oxygens (including phenoxy) is 1. The Hall–Kier alpha value is -2.91. The molecule has 9 heteroatoms. The van der Waals surface area contributed by atoms with E-state index in [1.807, 2.05) is 0 Å². The molecule has 0 unspecified atom stereocenters. The molecule has 6 nitrogen and oxygen atoms in total. The minimum absolute atomic E-state index is 0.0108. The van der Waals surface area contributed by atoms with Crippen LogP contribution in [0.25, 0.3) is 10.6 Å². The topological polar surface area (TPSA) is 76.1 Å². The van der Waals surface area contributed by atoms with Crippen LogP contribution in [-0.2, 0) is 0 Å². The highest BCUT2D eigenvalue weighted by Gasteiger charge is 2.20. The van der Waals surface area contributed by atoms with E-state index in [1.54, 1.807) is 12.3 Å². The molecular formula is C20H18F2N4O2S. The smallest absolute Gasteiger partial charge is 0.275 e. The maximum absolute atomic E-state index is 14.0. The van der Waals surface area contributed by atoms with Crippen LogP contribution >= 0.6 is 11.3 Å². The first-order chi connectivity index (χ1) is 14.1. The average Bonchev–Trinajstić information content (AvgIpc) is 3.20. The molecule has 0 aliphatic carbocycles. The van der Waals surface area contributed by atoms with Crippen molar-refractivity contribution in [2.45, 2.75) is 18.9 Å². The Kier molecular flexibility index (Phi) is 5.77. The number of hydrogen-bond donors (Lipinski definition) is 2. The fourth-order valence-electron chi connectivity index (χ4n) is 3.06. The highest BCUT2D eigenvalue weighted by Crippen LogP contribution is 2.30. The molecule has 0 bridgehead atoms. The molecule has 2 aromatic heterocycles. The van der Waals surface area contributed by atoms with Gasteiger partial charge in [0.1, 0.15) is 39.9 Å². The number of anilines is 1. The zero-order valence-corrected chi connectivity index (χ0v) is 16.1. The minimum atomic E-state index is -0.727. The molecule has 0 saturated carbocycles. The quantitative estimate of drug-likeness (QED) is 0.661. The molecule has 1 aliphatic rings. The lowest BCUT2D eigenvalue weighted by Gasteiger charge is -2.24. The van der Waals surface area contributed by atoms with Crippen LogP contribution in [0, 0.1) is 11.6 Å². The Morgan fingerprint density at radius 3 is 2.86 bits per heavy atom. The van der Waals surface area contributed by atoms with Gasteiger partial charge in [0.25, 0.3) is 5.91 Å². The third kappa shape index (κ3) is 4.41. The van der Waals surface area contributed by atoms with Gasteiger partial charge in [-0.3, -0.25) is 9.78 Å². The number of amides is 1. The summed E-state index contributed by atoms with van der Waals surface area (Å²) >= 11 is 0.995. The highest BCUT2D eigenvalue weighted by molar-refractivity contribution is 7.13. The van der Waals surface area contributed by atoms with Crippen LogP contribution in [0.5, 0.6) is 5.75 Å². The number of nitrogens with zero attached hydrogens (tertiary/aromatic N) is 2.